The largest absolute Gasteiger partial charge is 0.479 e. The van der Waals surface area contributed by atoms with Crippen LogP contribution in [0.2, 0.25) is 0 Å². The maximum Gasteiger partial charge on any atom is 0.257 e. The number of hydrogen-bond acceptors (Lipinski definition) is 6. The highest BCUT2D eigenvalue weighted by molar-refractivity contribution is 9.10. The average molecular weight is 420 g/mol. The van der Waals surface area contributed by atoms with E-state index >= 15 is 0 Å². The van der Waals surface area contributed by atoms with E-state index in [-0.39, 0.29) is 12.0 Å². The molecular formula is C17H14BrN3O3S. The number of anilines is 1. The van der Waals surface area contributed by atoms with E-state index in [1.165, 1.54) is 11.3 Å². The number of nitrogens with one attached hydrogen (secondary N) is 1. The van der Waals surface area contributed by atoms with Crippen molar-refractivity contribution in [2.45, 2.75) is 12.5 Å². The molecule has 1 N–H and O–H groups in total. The molecule has 0 saturated carbocycles. The third-order valence-corrected chi connectivity index (χ3v) is 5.58. The second kappa shape index (κ2) is 6.70. The minimum atomic E-state index is -0.202. The number of carbonyl (C=O) groups is 1. The van der Waals surface area contributed by atoms with E-state index in [9.17, 15) is 4.79 Å². The highest BCUT2D eigenvalue weighted by Gasteiger charge is 2.29. The minimum absolute atomic E-state index is 0.00611. The van der Waals surface area contributed by atoms with E-state index in [0.29, 0.717) is 26.7 Å². The van der Waals surface area contributed by atoms with Crippen molar-refractivity contribution in [3.8, 4) is 5.88 Å². The Bertz CT molecular complexity index is 941. The van der Waals surface area contributed by atoms with E-state index < -0.39 is 0 Å². The number of thiazole rings is 1. The lowest BCUT2D eigenvalue weighted by molar-refractivity contribution is -0.0523. The number of nitrogens with zero attached hydrogens (tertiary/aromatic N) is 2. The van der Waals surface area contributed by atoms with Gasteiger partial charge in [0.25, 0.3) is 5.91 Å². The molecule has 1 amide bonds. The van der Waals surface area contributed by atoms with Gasteiger partial charge in [0.2, 0.25) is 5.88 Å². The topological polar surface area (TPSA) is 73.3 Å². The molecule has 0 bridgehead atoms. The molecule has 0 radical (unpaired) electrons. The fraction of sp³-hybridized carbons (Fsp3) is 0.235. The van der Waals surface area contributed by atoms with Crippen molar-refractivity contribution in [3.05, 3.63) is 46.1 Å². The summed E-state index contributed by atoms with van der Waals surface area (Å²) in [7, 11) is 1.55. The van der Waals surface area contributed by atoms with Gasteiger partial charge in [-0.1, -0.05) is 29.5 Å². The van der Waals surface area contributed by atoms with Crippen LogP contribution in [0.25, 0.3) is 10.2 Å². The molecule has 1 aromatic carbocycles. The number of methoxy groups -OCH3 is 1. The Hall–Kier alpha value is -2.03. The first-order valence-corrected chi connectivity index (χ1v) is 9.30. The predicted molar refractivity (Wildman–Crippen MR) is 99.4 cm³/mol. The van der Waals surface area contributed by atoms with Crippen LogP contribution in [-0.2, 0) is 4.74 Å². The Morgan fingerprint density at radius 1 is 1.36 bits per heavy atom. The molecule has 1 atom stereocenters. The van der Waals surface area contributed by atoms with Crippen LogP contribution >= 0.6 is 27.3 Å². The molecule has 1 unspecified atom stereocenters. The summed E-state index contributed by atoms with van der Waals surface area (Å²) in [5.41, 5.74) is 2.17. The quantitative estimate of drug-likeness (QED) is 0.642. The molecule has 1 aliphatic rings. The van der Waals surface area contributed by atoms with Gasteiger partial charge in [0.05, 0.1) is 24.5 Å². The zero-order chi connectivity index (χ0) is 17.4. The van der Waals surface area contributed by atoms with Gasteiger partial charge in [0.1, 0.15) is 10.1 Å². The van der Waals surface area contributed by atoms with Gasteiger partial charge < -0.3 is 9.47 Å². The average Bonchev–Trinajstić information content (AvgIpc) is 2.99. The molecule has 4 rings (SSSR count). The van der Waals surface area contributed by atoms with Crippen molar-refractivity contribution in [2.75, 3.05) is 19.0 Å². The smallest absolute Gasteiger partial charge is 0.257 e. The Balaban J connectivity index is 1.75. The fourth-order valence-electron chi connectivity index (χ4n) is 2.64. The lowest BCUT2D eigenvalue weighted by atomic mass is 10.1. The number of benzene rings is 1. The predicted octanol–water partition coefficient (Wildman–Crippen LogP) is 4.18. The Labute approximate surface area is 156 Å². The Morgan fingerprint density at radius 3 is 2.76 bits per heavy atom. The first-order chi connectivity index (χ1) is 12.2. The summed E-state index contributed by atoms with van der Waals surface area (Å²) in [6, 6.07) is 9.03. The van der Waals surface area contributed by atoms with E-state index in [1.54, 1.807) is 19.2 Å². The number of pyridine rings is 1. The van der Waals surface area contributed by atoms with Crippen LogP contribution in [0.3, 0.4) is 0 Å². The Kier molecular flexibility index (Phi) is 4.41. The summed E-state index contributed by atoms with van der Waals surface area (Å²) in [6.07, 6.45) is 0.930. The zero-order valence-electron chi connectivity index (χ0n) is 13.3. The lowest BCUT2D eigenvalue weighted by Crippen LogP contribution is -2.19. The third kappa shape index (κ3) is 3.01. The number of halogens is 1. The molecule has 2 aromatic heterocycles. The molecule has 1 fully saturated rings. The number of amides is 1. The maximum atomic E-state index is 12.4. The number of ether oxygens (including phenoxy) is 2. The van der Waals surface area contributed by atoms with Crippen LogP contribution in [0.5, 0.6) is 5.88 Å². The molecule has 1 aliphatic heterocycles. The summed E-state index contributed by atoms with van der Waals surface area (Å²) in [4.78, 5) is 21.3. The van der Waals surface area contributed by atoms with Crippen molar-refractivity contribution >= 4 is 48.5 Å². The highest BCUT2D eigenvalue weighted by atomic mass is 79.9. The third-order valence-electron chi connectivity index (χ3n) is 3.97. The van der Waals surface area contributed by atoms with Crippen LogP contribution in [-0.4, -0.2) is 29.6 Å². The standard InChI is InChI=1S/C17H14BrN3O3S/c1-23-16-12-13(11(14(18)20-16)10-7-8-24-10)25-17(19-12)21-15(22)9-5-3-2-4-6-9/h2-6,10H,7-8H2,1H3,(H,19,21,22). The summed E-state index contributed by atoms with van der Waals surface area (Å²) >= 11 is 4.90. The van der Waals surface area contributed by atoms with Crippen LogP contribution in [0.4, 0.5) is 5.13 Å². The number of carbonyl (C=O) groups excluding carboxylic acids is 1. The number of rotatable bonds is 4. The van der Waals surface area contributed by atoms with Crippen molar-refractivity contribution in [2.24, 2.45) is 0 Å². The molecule has 8 heteroatoms. The number of hydrogen-bond donors (Lipinski definition) is 1. The molecule has 3 aromatic rings. The molecule has 25 heavy (non-hydrogen) atoms. The van der Waals surface area contributed by atoms with E-state index in [2.05, 4.69) is 31.2 Å². The monoisotopic (exact) mass is 419 g/mol. The van der Waals surface area contributed by atoms with Gasteiger partial charge in [-0.3, -0.25) is 10.1 Å². The summed E-state index contributed by atoms with van der Waals surface area (Å²) < 4.78 is 12.6. The van der Waals surface area contributed by atoms with Crippen molar-refractivity contribution in [3.63, 3.8) is 0 Å². The fourth-order valence-corrected chi connectivity index (χ4v) is 4.43. The number of aromatic nitrogens is 2. The number of fused-ring (bicyclic) bond motifs is 1. The molecule has 0 spiro atoms. The molecule has 0 aliphatic carbocycles. The first-order valence-electron chi connectivity index (χ1n) is 7.69. The molecule has 6 nitrogen and oxygen atoms in total. The van der Waals surface area contributed by atoms with Crippen LogP contribution in [0, 0.1) is 0 Å². The van der Waals surface area contributed by atoms with E-state index in [1.807, 2.05) is 18.2 Å². The molecular weight excluding hydrogens is 406 g/mol. The first kappa shape index (κ1) is 16.4. The van der Waals surface area contributed by atoms with Gasteiger partial charge >= 0.3 is 0 Å². The minimum Gasteiger partial charge on any atom is -0.479 e. The van der Waals surface area contributed by atoms with Crippen molar-refractivity contribution in [1.82, 2.24) is 9.97 Å². The molecule has 128 valence electrons. The van der Waals surface area contributed by atoms with E-state index in [4.69, 9.17) is 9.47 Å². The second-order valence-electron chi connectivity index (χ2n) is 5.49. The normalized spacial score (nSPS) is 16.5. The SMILES string of the molecule is COc1nc(Br)c(C2CCO2)c2sc(NC(=O)c3ccccc3)nc12. The van der Waals surface area contributed by atoms with Gasteiger partial charge in [0.15, 0.2) is 5.13 Å². The second-order valence-corrected chi connectivity index (χ2v) is 7.24. The highest BCUT2D eigenvalue weighted by Crippen LogP contribution is 2.44. The van der Waals surface area contributed by atoms with Crippen LogP contribution in [0.1, 0.15) is 28.4 Å². The molecule has 3 heterocycles. The Morgan fingerprint density at radius 2 is 2.12 bits per heavy atom. The zero-order valence-corrected chi connectivity index (χ0v) is 15.7. The lowest BCUT2D eigenvalue weighted by Gasteiger charge is -2.27. The van der Waals surface area contributed by atoms with Crippen LogP contribution in [0.15, 0.2) is 34.9 Å². The van der Waals surface area contributed by atoms with E-state index in [0.717, 1.165) is 23.3 Å². The summed E-state index contributed by atoms with van der Waals surface area (Å²) in [6.45, 7) is 0.737. The van der Waals surface area contributed by atoms with Gasteiger partial charge in [0, 0.05) is 17.5 Å². The van der Waals surface area contributed by atoms with Gasteiger partial charge in [-0.2, -0.15) is 0 Å². The van der Waals surface area contributed by atoms with Crippen LogP contribution < -0.4 is 10.1 Å². The van der Waals surface area contributed by atoms with Gasteiger partial charge in [-0.25, -0.2) is 9.97 Å². The summed E-state index contributed by atoms with van der Waals surface area (Å²) in [5, 5.41) is 3.35. The summed E-state index contributed by atoms with van der Waals surface area (Å²) in [5.74, 6) is 0.216. The maximum absolute atomic E-state index is 12.4. The van der Waals surface area contributed by atoms with Gasteiger partial charge in [-0.15, -0.1) is 0 Å². The van der Waals surface area contributed by atoms with Crippen molar-refractivity contribution < 1.29 is 14.3 Å². The van der Waals surface area contributed by atoms with Crippen molar-refractivity contribution in [1.29, 1.82) is 0 Å². The van der Waals surface area contributed by atoms with Gasteiger partial charge in [-0.05, 0) is 28.1 Å². The molecule has 1 saturated heterocycles.